The highest BCUT2D eigenvalue weighted by molar-refractivity contribution is 6.01. The standard InChI is InChI=1S/C19H22O2/c1-11-9-7-8-10-16(11)17-14(4)12(2)13(3)15(5)18(17)19(20)21-6/h7-10H,1-6H3. The van der Waals surface area contributed by atoms with Crippen LogP contribution in [0, 0.1) is 34.6 Å². The average Bonchev–Trinajstić information content (AvgIpc) is 2.49. The van der Waals surface area contributed by atoms with Gasteiger partial charge in [0.2, 0.25) is 0 Å². The van der Waals surface area contributed by atoms with Gasteiger partial charge < -0.3 is 4.74 Å². The molecule has 0 heterocycles. The van der Waals surface area contributed by atoms with Crippen LogP contribution < -0.4 is 0 Å². The first kappa shape index (κ1) is 15.3. The minimum Gasteiger partial charge on any atom is -0.465 e. The lowest BCUT2D eigenvalue weighted by atomic mass is 9.84. The molecule has 0 amide bonds. The maximum absolute atomic E-state index is 12.3. The van der Waals surface area contributed by atoms with Crippen molar-refractivity contribution in [3.05, 3.63) is 57.6 Å². The Morgan fingerprint density at radius 2 is 1.43 bits per heavy atom. The van der Waals surface area contributed by atoms with E-state index < -0.39 is 0 Å². The van der Waals surface area contributed by atoms with Crippen LogP contribution in [0.5, 0.6) is 0 Å². The molecule has 2 nitrogen and oxygen atoms in total. The summed E-state index contributed by atoms with van der Waals surface area (Å²) in [6, 6.07) is 8.16. The van der Waals surface area contributed by atoms with Crippen LogP contribution in [0.25, 0.3) is 11.1 Å². The number of ether oxygens (including phenoxy) is 1. The van der Waals surface area contributed by atoms with Gasteiger partial charge in [0.15, 0.2) is 0 Å². The molecule has 0 unspecified atom stereocenters. The lowest BCUT2D eigenvalue weighted by molar-refractivity contribution is 0.0600. The summed E-state index contributed by atoms with van der Waals surface area (Å²) in [5, 5.41) is 0. The SMILES string of the molecule is COC(=O)c1c(C)c(C)c(C)c(C)c1-c1ccccc1C. The van der Waals surface area contributed by atoms with Crippen LogP contribution in [-0.4, -0.2) is 13.1 Å². The number of esters is 1. The van der Waals surface area contributed by atoms with Gasteiger partial charge in [-0.15, -0.1) is 0 Å². The number of hydrogen-bond acceptors (Lipinski definition) is 2. The maximum Gasteiger partial charge on any atom is 0.338 e. The number of aryl methyl sites for hydroxylation is 1. The third-order valence-electron chi connectivity index (χ3n) is 4.49. The molecule has 2 aromatic carbocycles. The van der Waals surface area contributed by atoms with Gasteiger partial charge in [0.05, 0.1) is 12.7 Å². The third-order valence-corrected chi connectivity index (χ3v) is 4.49. The summed E-state index contributed by atoms with van der Waals surface area (Å²) in [7, 11) is 1.44. The summed E-state index contributed by atoms with van der Waals surface area (Å²) in [6.45, 7) is 10.3. The van der Waals surface area contributed by atoms with E-state index in [-0.39, 0.29) is 5.97 Å². The fourth-order valence-electron chi connectivity index (χ4n) is 2.86. The van der Waals surface area contributed by atoms with Gasteiger partial charge in [0.25, 0.3) is 0 Å². The molecule has 21 heavy (non-hydrogen) atoms. The molecular formula is C19H22O2. The molecule has 0 saturated carbocycles. The summed E-state index contributed by atoms with van der Waals surface area (Å²) in [5.74, 6) is -0.267. The molecule has 0 spiro atoms. The van der Waals surface area contributed by atoms with Gasteiger partial charge in [-0.2, -0.15) is 0 Å². The van der Waals surface area contributed by atoms with Gasteiger partial charge in [-0.1, -0.05) is 24.3 Å². The predicted octanol–water partition coefficient (Wildman–Crippen LogP) is 4.68. The van der Waals surface area contributed by atoms with Gasteiger partial charge in [-0.05, 0) is 73.6 Å². The van der Waals surface area contributed by atoms with E-state index in [9.17, 15) is 4.79 Å². The van der Waals surface area contributed by atoms with Crippen molar-refractivity contribution in [3.8, 4) is 11.1 Å². The largest absolute Gasteiger partial charge is 0.465 e. The third kappa shape index (κ3) is 2.46. The van der Waals surface area contributed by atoms with Crippen molar-refractivity contribution >= 4 is 5.97 Å². The Labute approximate surface area is 126 Å². The minimum atomic E-state index is -0.267. The van der Waals surface area contributed by atoms with Crippen LogP contribution >= 0.6 is 0 Å². The van der Waals surface area contributed by atoms with Crippen LogP contribution in [0.3, 0.4) is 0 Å². The smallest absolute Gasteiger partial charge is 0.338 e. The molecule has 2 aromatic rings. The van der Waals surface area contributed by atoms with Crippen LogP contribution in [0.4, 0.5) is 0 Å². The number of methoxy groups -OCH3 is 1. The lowest BCUT2D eigenvalue weighted by Crippen LogP contribution is -2.11. The first-order valence-electron chi connectivity index (χ1n) is 7.14. The second-order valence-electron chi connectivity index (χ2n) is 5.56. The summed E-state index contributed by atoms with van der Waals surface area (Å²) in [5.41, 5.74) is 8.49. The predicted molar refractivity (Wildman–Crippen MR) is 86.9 cm³/mol. The van der Waals surface area contributed by atoms with E-state index in [1.54, 1.807) is 0 Å². The van der Waals surface area contributed by atoms with Gasteiger partial charge in [-0.3, -0.25) is 0 Å². The number of carbonyl (C=O) groups is 1. The monoisotopic (exact) mass is 282 g/mol. The molecule has 0 bridgehead atoms. The van der Waals surface area contributed by atoms with Crippen molar-refractivity contribution in [1.82, 2.24) is 0 Å². The van der Waals surface area contributed by atoms with Crippen molar-refractivity contribution in [2.24, 2.45) is 0 Å². The van der Waals surface area contributed by atoms with Crippen molar-refractivity contribution in [3.63, 3.8) is 0 Å². The summed E-state index contributed by atoms with van der Waals surface area (Å²) < 4.78 is 5.03. The molecule has 0 aromatic heterocycles. The molecule has 0 atom stereocenters. The molecule has 2 heteroatoms. The number of benzene rings is 2. The zero-order valence-electron chi connectivity index (χ0n) is 13.6. The van der Waals surface area contributed by atoms with Gasteiger partial charge in [0.1, 0.15) is 0 Å². The van der Waals surface area contributed by atoms with E-state index in [2.05, 4.69) is 39.8 Å². The van der Waals surface area contributed by atoms with E-state index in [1.165, 1.54) is 12.7 Å². The van der Waals surface area contributed by atoms with Gasteiger partial charge >= 0.3 is 5.97 Å². The molecule has 0 aliphatic carbocycles. The number of carbonyl (C=O) groups excluding carboxylic acids is 1. The Morgan fingerprint density at radius 3 is 2.00 bits per heavy atom. The number of rotatable bonds is 2. The minimum absolute atomic E-state index is 0.267. The molecule has 0 fully saturated rings. The lowest BCUT2D eigenvalue weighted by Gasteiger charge is -2.20. The molecule has 0 aliphatic rings. The second-order valence-corrected chi connectivity index (χ2v) is 5.56. The van der Waals surface area contributed by atoms with Crippen molar-refractivity contribution < 1.29 is 9.53 Å². The van der Waals surface area contributed by atoms with E-state index in [0.29, 0.717) is 5.56 Å². The number of hydrogen-bond donors (Lipinski definition) is 0. The van der Waals surface area contributed by atoms with Crippen LogP contribution in [0.15, 0.2) is 24.3 Å². The Kier molecular flexibility index (Phi) is 4.17. The molecule has 110 valence electrons. The van der Waals surface area contributed by atoms with Crippen LogP contribution in [-0.2, 0) is 4.74 Å². The molecule has 2 rings (SSSR count). The van der Waals surface area contributed by atoms with Crippen molar-refractivity contribution in [1.29, 1.82) is 0 Å². The fraction of sp³-hybridized carbons (Fsp3) is 0.316. The van der Waals surface area contributed by atoms with E-state index >= 15 is 0 Å². The zero-order chi connectivity index (χ0) is 15.7. The van der Waals surface area contributed by atoms with Gasteiger partial charge in [-0.25, -0.2) is 4.79 Å². The normalized spacial score (nSPS) is 10.6. The quantitative estimate of drug-likeness (QED) is 0.747. The Morgan fingerprint density at radius 1 is 0.857 bits per heavy atom. The highest BCUT2D eigenvalue weighted by Crippen LogP contribution is 2.36. The van der Waals surface area contributed by atoms with Gasteiger partial charge in [0, 0.05) is 0 Å². The highest BCUT2D eigenvalue weighted by atomic mass is 16.5. The first-order valence-corrected chi connectivity index (χ1v) is 7.14. The second kappa shape index (κ2) is 5.72. The zero-order valence-corrected chi connectivity index (χ0v) is 13.6. The highest BCUT2D eigenvalue weighted by Gasteiger charge is 2.22. The van der Waals surface area contributed by atoms with E-state index in [4.69, 9.17) is 4.74 Å². The van der Waals surface area contributed by atoms with E-state index in [1.807, 2.05) is 19.1 Å². The Hall–Kier alpha value is -2.09. The van der Waals surface area contributed by atoms with Crippen LogP contribution in [0.1, 0.15) is 38.2 Å². The van der Waals surface area contributed by atoms with Crippen LogP contribution in [0.2, 0.25) is 0 Å². The van der Waals surface area contributed by atoms with Crippen molar-refractivity contribution in [2.75, 3.05) is 7.11 Å². The summed E-state index contributed by atoms with van der Waals surface area (Å²) >= 11 is 0. The molecule has 0 aliphatic heterocycles. The van der Waals surface area contributed by atoms with E-state index in [0.717, 1.165) is 33.4 Å². The molecule has 0 saturated heterocycles. The molecular weight excluding hydrogens is 260 g/mol. The first-order chi connectivity index (χ1) is 9.90. The fourth-order valence-corrected chi connectivity index (χ4v) is 2.86. The van der Waals surface area contributed by atoms with Crippen molar-refractivity contribution in [2.45, 2.75) is 34.6 Å². The molecule has 0 radical (unpaired) electrons. The molecule has 0 N–H and O–H groups in total. The average molecular weight is 282 g/mol. The maximum atomic E-state index is 12.3. The summed E-state index contributed by atoms with van der Waals surface area (Å²) in [6.07, 6.45) is 0. The Balaban J connectivity index is 2.93. The Bertz CT molecular complexity index is 712. The summed E-state index contributed by atoms with van der Waals surface area (Å²) in [4.78, 5) is 12.3. The topological polar surface area (TPSA) is 26.3 Å².